The maximum Gasteiger partial charge on any atom is 0.469 e. The zero-order chi connectivity index (χ0) is 36.1. The third kappa shape index (κ3) is 39.4. The Kier molecular flexibility index (Phi) is 35.7. The molecule has 8 nitrogen and oxygen atoms in total. The monoisotopic (exact) mass is 717 g/mol. The summed E-state index contributed by atoms with van der Waals surface area (Å²) in [6.45, 7) is 5.22. The van der Waals surface area contributed by atoms with Gasteiger partial charge in [0.05, 0.1) is 6.61 Å². The van der Waals surface area contributed by atoms with Gasteiger partial charge >= 0.3 is 19.8 Å². The number of allylic oxidation sites excluding steroid dienone is 1. The maximum absolute atomic E-state index is 12.4. The van der Waals surface area contributed by atoms with Gasteiger partial charge in [0.2, 0.25) is 0 Å². The van der Waals surface area contributed by atoms with Gasteiger partial charge in [-0.15, -0.1) is 6.58 Å². The first kappa shape index (κ1) is 47.8. The number of phosphoric acid groups is 1. The molecule has 0 aliphatic heterocycles. The minimum Gasteiger partial charge on any atom is -0.462 e. The van der Waals surface area contributed by atoms with Gasteiger partial charge in [-0.25, -0.2) is 4.57 Å². The van der Waals surface area contributed by atoms with Crippen molar-refractivity contribution in [3.05, 3.63) is 12.7 Å². The zero-order valence-corrected chi connectivity index (χ0v) is 32.6. The lowest BCUT2D eigenvalue weighted by Crippen LogP contribution is -2.29. The summed E-state index contributed by atoms with van der Waals surface area (Å²) in [5, 5.41) is 0. The fraction of sp³-hybridized carbons (Fsp3) is 0.900. The largest absolute Gasteiger partial charge is 0.469 e. The van der Waals surface area contributed by atoms with E-state index in [0.717, 1.165) is 44.9 Å². The second-order valence-electron chi connectivity index (χ2n) is 14.1. The molecule has 0 saturated heterocycles. The molecule has 0 heterocycles. The Labute approximate surface area is 301 Å². The molecule has 0 aromatic heterocycles. The molecule has 49 heavy (non-hydrogen) atoms. The van der Waals surface area contributed by atoms with Crippen molar-refractivity contribution in [1.82, 2.24) is 0 Å². The summed E-state index contributed by atoms with van der Waals surface area (Å²) in [6, 6.07) is 0. The van der Waals surface area contributed by atoms with Crippen molar-refractivity contribution < 1.29 is 37.9 Å². The van der Waals surface area contributed by atoms with Gasteiger partial charge in [-0.1, -0.05) is 180 Å². The Bertz CT molecular complexity index is 799. The molecule has 9 heteroatoms. The molecule has 0 aliphatic carbocycles. The van der Waals surface area contributed by atoms with Crippen LogP contribution in [0.1, 0.15) is 212 Å². The summed E-state index contributed by atoms with van der Waals surface area (Å²) in [5.41, 5.74) is 0. The number of carbonyl (C=O) groups excluding carboxylic acids is 2. The molecule has 0 bridgehead atoms. The lowest BCUT2D eigenvalue weighted by atomic mass is 10.0. The van der Waals surface area contributed by atoms with E-state index in [1.807, 2.05) is 6.08 Å². The highest BCUT2D eigenvalue weighted by molar-refractivity contribution is 7.46. The van der Waals surface area contributed by atoms with Crippen molar-refractivity contribution in [2.24, 2.45) is 0 Å². The second-order valence-corrected chi connectivity index (χ2v) is 15.3. The smallest absolute Gasteiger partial charge is 0.462 e. The van der Waals surface area contributed by atoms with Crippen LogP contribution >= 0.6 is 7.82 Å². The third-order valence-corrected chi connectivity index (χ3v) is 9.67. The van der Waals surface area contributed by atoms with E-state index in [4.69, 9.17) is 19.3 Å². The Morgan fingerprint density at radius 3 is 1.27 bits per heavy atom. The molecule has 0 spiro atoms. The van der Waals surface area contributed by atoms with Crippen LogP contribution in [-0.4, -0.2) is 41.0 Å². The van der Waals surface area contributed by atoms with Crippen LogP contribution in [0.25, 0.3) is 0 Å². The molecule has 0 saturated carbocycles. The molecule has 1 atom stereocenters. The van der Waals surface area contributed by atoms with Crippen molar-refractivity contribution in [3.63, 3.8) is 0 Å². The Morgan fingerprint density at radius 1 is 0.551 bits per heavy atom. The minimum absolute atomic E-state index is 0.215. The van der Waals surface area contributed by atoms with Crippen LogP contribution in [0, 0.1) is 0 Å². The predicted octanol–water partition coefficient (Wildman–Crippen LogP) is 12.2. The average Bonchev–Trinajstić information content (AvgIpc) is 3.07. The summed E-state index contributed by atoms with van der Waals surface area (Å²) in [7, 11) is -4.75. The van der Waals surface area contributed by atoms with E-state index in [0.29, 0.717) is 6.42 Å². The second kappa shape index (κ2) is 36.6. The molecule has 2 N–H and O–H groups in total. The summed E-state index contributed by atoms with van der Waals surface area (Å²) in [6.07, 6.45) is 38.2. The number of rotatable bonds is 39. The lowest BCUT2D eigenvalue weighted by Gasteiger charge is -2.18. The first-order valence-electron chi connectivity index (χ1n) is 20.4. The zero-order valence-electron chi connectivity index (χ0n) is 31.7. The fourth-order valence-electron chi connectivity index (χ4n) is 6.12. The highest BCUT2D eigenvalue weighted by Crippen LogP contribution is 2.36. The van der Waals surface area contributed by atoms with E-state index < -0.39 is 32.5 Å². The van der Waals surface area contributed by atoms with E-state index in [9.17, 15) is 14.2 Å². The van der Waals surface area contributed by atoms with Crippen molar-refractivity contribution >= 4 is 19.8 Å². The highest BCUT2D eigenvalue weighted by atomic mass is 31.2. The molecule has 0 rings (SSSR count). The minimum atomic E-state index is -4.75. The Hall–Kier alpha value is -1.21. The van der Waals surface area contributed by atoms with E-state index in [-0.39, 0.29) is 19.4 Å². The van der Waals surface area contributed by atoms with Gasteiger partial charge in [0.1, 0.15) is 6.61 Å². The first-order valence-corrected chi connectivity index (χ1v) is 22.0. The highest BCUT2D eigenvalue weighted by Gasteiger charge is 2.22. The van der Waals surface area contributed by atoms with Crippen molar-refractivity contribution in [3.8, 4) is 0 Å². The number of ether oxygens (including phenoxy) is 2. The van der Waals surface area contributed by atoms with Gasteiger partial charge in [0.15, 0.2) is 6.10 Å². The molecule has 0 aliphatic rings. The molecular formula is C40H77O8P. The molecule has 0 fully saturated rings. The lowest BCUT2D eigenvalue weighted by molar-refractivity contribution is -0.161. The number of phosphoric ester groups is 1. The van der Waals surface area contributed by atoms with Gasteiger partial charge in [-0.05, 0) is 25.7 Å². The van der Waals surface area contributed by atoms with Crippen molar-refractivity contribution in [2.45, 2.75) is 218 Å². The predicted molar refractivity (Wildman–Crippen MR) is 202 cm³/mol. The topological polar surface area (TPSA) is 119 Å². The summed E-state index contributed by atoms with van der Waals surface area (Å²) in [4.78, 5) is 42.8. The third-order valence-electron chi connectivity index (χ3n) is 9.18. The van der Waals surface area contributed by atoms with E-state index in [1.165, 1.54) is 141 Å². The molecule has 290 valence electrons. The van der Waals surface area contributed by atoms with Crippen molar-refractivity contribution in [2.75, 3.05) is 13.2 Å². The average molecular weight is 717 g/mol. The van der Waals surface area contributed by atoms with Crippen LogP contribution in [-0.2, 0) is 28.2 Å². The number of hydrogen-bond acceptors (Lipinski definition) is 6. The molecular weight excluding hydrogens is 639 g/mol. The van der Waals surface area contributed by atoms with Crippen molar-refractivity contribution in [1.29, 1.82) is 0 Å². The Morgan fingerprint density at radius 2 is 0.898 bits per heavy atom. The van der Waals surface area contributed by atoms with Gasteiger partial charge in [0, 0.05) is 12.8 Å². The summed E-state index contributed by atoms with van der Waals surface area (Å²) < 4.78 is 26.4. The van der Waals surface area contributed by atoms with Gasteiger partial charge in [-0.2, -0.15) is 0 Å². The normalized spacial score (nSPS) is 12.2. The fourth-order valence-corrected chi connectivity index (χ4v) is 6.48. The SMILES string of the molecule is C=CCCCCCCCCCCCCCCCC(=O)O[C@H](COC(=O)CCCCCCCCCCCCCCCCCC)COP(=O)(O)O. The number of unbranched alkanes of at least 4 members (excludes halogenated alkanes) is 28. The van der Waals surface area contributed by atoms with Gasteiger partial charge < -0.3 is 19.3 Å². The van der Waals surface area contributed by atoms with Gasteiger partial charge in [0.25, 0.3) is 0 Å². The molecule has 0 aromatic carbocycles. The first-order chi connectivity index (χ1) is 23.8. The van der Waals surface area contributed by atoms with Crippen LogP contribution in [0.2, 0.25) is 0 Å². The van der Waals surface area contributed by atoms with Crippen LogP contribution in [0.5, 0.6) is 0 Å². The van der Waals surface area contributed by atoms with E-state index in [1.54, 1.807) is 0 Å². The van der Waals surface area contributed by atoms with Crippen LogP contribution in [0.4, 0.5) is 0 Å². The molecule has 0 amide bonds. The molecule has 0 radical (unpaired) electrons. The number of carbonyl (C=O) groups is 2. The molecule has 0 aromatic rings. The maximum atomic E-state index is 12.4. The number of hydrogen-bond donors (Lipinski definition) is 2. The number of esters is 2. The van der Waals surface area contributed by atoms with Crippen LogP contribution < -0.4 is 0 Å². The van der Waals surface area contributed by atoms with Crippen LogP contribution in [0.15, 0.2) is 12.7 Å². The quantitative estimate of drug-likeness (QED) is 0.0279. The molecule has 0 unspecified atom stereocenters. The van der Waals surface area contributed by atoms with Crippen LogP contribution in [0.3, 0.4) is 0 Å². The standard InChI is InChI=1S/C40H77O8P/c1-3-5-7-9-11-13-15-17-19-21-22-24-26-28-30-32-34-39(41)46-36-38(37-47-49(43,44)45)48-40(42)35-33-31-29-27-25-23-20-18-16-14-12-10-8-6-4-2/h4,38H,2-3,5-37H2,1H3,(H2,43,44,45)/t38-/m1/s1. The summed E-state index contributed by atoms with van der Waals surface area (Å²) in [5.74, 6) is -0.875. The van der Waals surface area contributed by atoms with E-state index >= 15 is 0 Å². The summed E-state index contributed by atoms with van der Waals surface area (Å²) >= 11 is 0. The van der Waals surface area contributed by atoms with Gasteiger partial charge in [-0.3, -0.25) is 14.1 Å². The van der Waals surface area contributed by atoms with E-state index in [2.05, 4.69) is 18.0 Å². The Balaban J connectivity index is 3.87.